The Kier molecular flexibility index (Phi) is 28100. The normalized spacial score (nSPS) is 2.77. The van der Waals surface area contributed by atoms with Gasteiger partial charge in [-0.2, -0.15) is 42.7 Å². The van der Waals surface area contributed by atoms with Crippen molar-refractivity contribution in [3.63, 3.8) is 0 Å². The Morgan fingerprint density at radius 2 is 0.308 bits per heavy atom. The second-order valence-corrected chi connectivity index (χ2v) is 0. The summed E-state index contributed by atoms with van der Waals surface area (Å²) >= 11 is 0. The van der Waals surface area contributed by atoms with Crippen LogP contribution in [0.4, 0.5) is 0 Å². The third-order valence-corrected chi connectivity index (χ3v) is 0. The van der Waals surface area contributed by atoms with Gasteiger partial charge in [0.05, 0.1) is 0 Å². The minimum absolute atomic E-state index is 0. The fraction of sp³-hybridized carbons (Fsp3) is 1.00. The Hall–Kier alpha value is 0.474. The summed E-state index contributed by atoms with van der Waals surface area (Å²) in [4.78, 5) is 0. The van der Waals surface area contributed by atoms with Gasteiger partial charge >= 0.3 is 21.7 Å². The van der Waals surface area contributed by atoms with E-state index in [-0.39, 0.29) is 21.7 Å². The molecule has 13 heavy (non-hydrogen) atoms. The van der Waals surface area contributed by atoms with E-state index in [0.29, 0.717) is 0 Å². The molecule has 0 fully saturated rings. The Bertz CT molecular complexity index is 17.1. The molecule has 0 radical (unpaired) electrons. The summed E-state index contributed by atoms with van der Waals surface area (Å²) in [7, 11) is 4.50. The van der Waals surface area contributed by atoms with Crippen molar-refractivity contribution in [2.75, 3.05) is 42.7 Å². The first-order valence-electron chi connectivity index (χ1n) is 2.45. The number of rotatable bonds is 0. The van der Waals surface area contributed by atoms with Crippen LogP contribution in [0, 0.1) is 0 Å². The molecule has 0 aromatic heterocycles. The summed E-state index contributed by atoms with van der Waals surface area (Å²) in [5, 5.41) is 49.5. The van der Waals surface area contributed by atoms with E-state index in [2.05, 4.69) is 0 Å². The zero-order valence-corrected chi connectivity index (χ0v) is 10.5. The molecule has 82 valence electrons. The summed E-state index contributed by atoms with van der Waals surface area (Å²) in [5.41, 5.74) is 0. The summed E-state index contributed by atoms with van der Waals surface area (Å²) in [6, 6.07) is 0. The van der Waals surface area contributed by atoms with E-state index in [9.17, 15) is 0 Å². The van der Waals surface area contributed by atoms with Crippen LogP contribution in [0.15, 0.2) is 0 Å². The maximum atomic E-state index is 8.25. The molecule has 0 saturated heterocycles. The second-order valence-electron chi connectivity index (χ2n) is 0. The van der Waals surface area contributed by atoms with Gasteiger partial charge in [0, 0.05) is 0 Å². The monoisotopic (exact) mass is 234 g/mol. The van der Waals surface area contributed by atoms with E-state index in [0.717, 1.165) is 42.7 Å². The van der Waals surface area contributed by atoms with Gasteiger partial charge in [0.2, 0.25) is 0 Å². The van der Waals surface area contributed by atoms with Crippen LogP contribution in [0.3, 0.4) is 0 Å². The van der Waals surface area contributed by atoms with E-state index in [1.165, 1.54) is 0 Å². The average molecular weight is 234 g/mol. The molecule has 0 saturated carbocycles. The zero-order valence-electron chi connectivity index (χ0n) is 8.95. The standard InChI is InChI=1S/6CH3O.Ti/c6*1-2;/h6*1H3;/q6*-1;+6. The minimum Gasteiger partial charge on any atom is -0.857 e. The third-order valence-electron chi connectivity index (χ3n) is 0. The van der Waals surface area contributed by atoms with Crippen LogP contribution in [-0.2, 0) is 21.7 Å². The van der Waals surface area contributed by atoms with Gasteiger partial charge in [-0.3, -0.25) is 0 Å². The smallest absolute Gasteiger partial charge is 0.857 e. The third kappa shape index (κ3) is 6080. The molecule has 0 aliphatic heterocycles. The zero-order chi connectivity index (χ0) is 12.0. The second kappa shape index (κ2) is 7300. The number of hydrogen-bond donors (Lipinski definition) is 0. The van der Waals surface area contributed by atoms with E-state index in [1.807, 2.05) is 0 Å². The van der Waals surface area contributed by atoms with Crippen LogP contribution in [0.25, 0.3) is 0 Å². The van der Waals surface area contributed by atoms with Crippen LogP contribution >= 0.6 is 0 Å². The van der Waals surface area contributed by atoms with Crippen molar-refractivity contribution in [3.8, 4) is 0 Å². The van der Waals surface area contributed by atoms with Crippen molar-refractivity contribution >= 4 is 0 Å². The molecule has 0 heterocycles. The van der Waals surface area contributed by atoms with Crippen LogP contribution in [-0.4, -0.2) is 42.7 Å². The summed E-state index contributed by atoms with van der Waals surface area (Å²) < 4.78 is 0. The molecular formula is C6H18O6Ti. The van der Waals surface area contributed by atoms with Crippen LogP contribution < -0.4 is 30.6 Å². The molecule has 0 unspecified atom stereocenters. The molecule has 0 amide bonds. The molecular weight excluding hydrogens is 216 g/mol. The molecule has 7 heteroatoms. The van der Waals surface area contributed by atoms with Gasteiger partial charge in [0.25, 0.3) is 0 Å². The van der Waals surface area contributed by atoms with Gasteiger partial charge in [-0.15, -0.1) is 0 Å². The summed E-state index contributed by atoms with van der Waals surface area (Å²) in [6.07, 6.45) is 0. The van der Waals surface area contributed by atoms with Crippen molar-refractivity contribution in [2.45, 2.75) is 0 Å². The predicted octanol–water partition coefficient (Wildman–Crippen LogP) is -6.14. The van der Waals surface area contributed by atoms with Gasteiger partial charge in [-0.25, -0.2) is 0 Å². The molecule has 0 rings (SSSR count). The molecule has 6 nitrogen and oxygen atoms in total. The Labute approximate surface area is 95.4 Å². The Morgan fingerprint density at radius 1 is 0.308 bits per heavy atom. The van der Waals surface area contributed by atoms with Crippen molar-refractivity contribution in [1.82, 2.24) is 0 Å². The molecule has 0 aliphatic rings. The minimum atomic E-state index is 0. The first-order valence-corrected chi connectivity index (χ1v) is 2.45. The summed E-state index contributed by atoms with van der Waals surface area (Å²) in [5.74, 6) is 0. The molecule has 0 aliphatic carbocycles. The van der Waals surface area contributed by atoms with Crippen molar-refractivity contribution < 1.29 is 52.4 Å². The van der Waals surface area contributed by atoms with Gasteiger partial charge in [0.1, 0.15) is 0 Å². The maximum Gasteiger partial charge on any atom is 6.00 e. The topological polar surface area (TPSA) is 138 Å². The summed E-state index contributed by atoms with van der Waals surface area (Å²) in [6.45, 7) is 0. The fourth-order valence-corrected chi connectivity index (χ4v) is 0. The molecule has 0 atom stereocenters. The molecule has 0 aromatic rings. The van der Waals surface area contributed by atoms with Crippen molar-refractivity contribution in [2.24, 2.45) is 0 Å². The van der Waals surface area contributed by atoms with Gasteiger partial charge in [-0.1, -0.05) is 0 Å². The van der Waals surface area contributed by atoms with Crippen molar-refractivity contribution in [3.05, 3.63) is 0 Å². The van der Waals surface area contributed by atoms with Crippen LogP contribution in [0.5, 0.6) is 0 Å². The van der Waals surface area contributed by atoms with Crippen LogP contribution in [0.2, 0.25) is 0 Å². The predicted molar refractivity (Wildman–Crippen MR) is 35.5 cm³/mol. The van der Waals surface area contributed by atoms with E-state index in [1.54, 1.807) is 0 Å². The van der Waals surface area contributed by atoms with E-state index < -0.39 is 0 Å². The molecule has 0 bridgehead atoms. The number of hydrogen-bond acceptors (Lipinski definition) is 6. The molecule has 0 aromatic carbocycles. The first-order chi connectivity index (χ1) is 6.00. The molecule has 0 spiro atoms. The van der Waals surface area contributed by atoms with Crippen molar-refractivity contribution in [1.29, 1.82) is 0 Å². The quantitative estimate of drug-likeness (QED) is 0.382. The van der Waals surface area contributed by atoms with E-state index >= 15 is 0 Å². The average Bonchev–Trinajstić information content (AvgIpc) is 2.33. The SMILES string of the molecule is C[O-].C[O-].C[O-].C[O-].C[O-].C[O-].[Ti+6]. The molecule has 0 N–H and O–H groups in total. The van der Waals surface area contributed by atoms with E-state index in [4.69, 9.17) is 30.6 Å². The van der Waals surface area contributed by atoms with Crippen LogP contribution in [0.1, 0.15) is 0 Å². The largest absolute Gasteiger partial charge is 6.00 e. The van der Waals surface area contributed by atoms with Gasteiger partial charge in [0.15, 0.2) is 0 Å². The van der Waals surface area contributed by atoms with Gasteiger partial charge < -0.3 is 30.6 Å². The maximum absolute atomic E-state index is 8.25. The fourth-order valence-electron chi connectivity index (χ4n) is 0. The first kappa shape index (κ1) is 50.0. The Balaban J connectivity index is -0.00000000655. The van der Waals surface area contributed by atoms with Gasteiger partial charge in [-0.05, 0) is 0 Å². The Morgan fingerprint density at radius 3 is 0.308 bits per heavy atom.